The Bertz CT molecular complexity index is 347. The molecule has 2 rings (SSSR count). The van der Waals surface area contributed by atoms with Crippen LogP contribution in [0.1, 0.15) is 28.2 Å². The number of nitrogens with zero attached hydrogens (tertiary/aromatic N) is 1. The number of carbonyl (C=O) groups excluding carboxylic acids is 1. The van der Waals surface area contributed by atoms with Crippen molar-refractivity contribution in [1.82, 2.24) is 4.98 Å². The molecule has 0 atom stereocenters. The Morgan fingerprint density at radius 1 is 1.46 bits per heavy atom. The van der Waals surface area contributed by atoms with E-state index in [-0.39, 0.29) is 5.97 Å². The van der Waals surface area contributed by atoms with E-state index in [1.165, 1.54) is 12.7 Å². The Morgan fingerprint density at radius 2 is 2.31 bits per heavy atom. The summed E-state index contributed by atoms with van der Waals surface area (Å²) >= 11 is 0. The maximum atomic E-state index is 11.1. The van der Waals surface area contributed by atoms with Gasteiger partial charge in [-0.1, -0.05) is 6.07 Å². The van der Waals surface area contributed by atoms with Crippen molar-refractivity contribution in [2.75, 3.05) is 7.11 Å². The number of aromatic nitrogens is 1. The molecular formula is C10H11NO2. The summed E-state index contributed by atoms with van der Waals surface area (Å²) in [5, 5.41) is 0. The average Bonchev–Trinajstić information content (AvgIpc) is 2.63. The number of esters is 1. The molecule has 3 nitrogen and oxygen atoms in total. The van der Waals surface area contributed by atoms with Gasteiger partial charge in [0, 0.05) is 5.69 Å². The summed E-state index contributed by atoms with van der Waals surface area (Å²) in [4.78, 5) is 15.4. The molecule has 0 unspecified atom stereocenters. The zero-order valence-corrected chi connectivity index (χ0v) is 7.54. The second-order valence-electron chi connectivity index (χ2n) is 3.15. The third-order valence-corrected chi connectivity index (χ3v) is 2.32. The lowest BCUT2D eigenvalue weighted by molar-refractivity contribution is 0.0594. The predicted octanol–water partition coefficient (Wildman–Crippen LogP) is 1.36. The summed E-state index contributed by atoms with van der Waals surface area (Å²) in [6.07, 6.45) is 3.22. The van der Waals surface area contributed by atoms with Crippen LogP contribution >= 0.6 is 0 Å². The highest BCUT2D eigenvalue weighted by Crippen LogP contribution is 2.19. The van der Waals surface area contributed by atoms with Crippen LogP contribution in [0.25, 0.3) is 0 Å². The van der Waals surface area contributed by atoms with E-state index >= 15 is 0 Å². The quantitative estimate of drug-likeness (QED) is 0.608. The molecule has 0 N–H and O–H groups in total. The minimum atomic E-state index is -0.352. The monoisotopic (exact) mass is 177 g/mol. The largest absolute Gasteiger partial charge is 0.464 e. The van der Waals surface area contributed by atoms with Gasteiger partial charge in [-0.15, -0.1) is 0 Å². The fourth-order valence-corrected chi connectivity index (χ4v) is 1.64. The van der Waals surface area contributed by atoms with E-state index < -0.39 is 0 Å². The van der Waals surface area contributed by atoms with Crippen LogP contribution in [-0.4, -0.2) is 18.1 Å². The maximum absolute atomic E-state index is 11.1. The molecule has 13 heavy (non-hydrogen) atoms. The Labute approximate surface area is 76.7 Å². The highest BCUT2D eigenvalue weighted by Gasteiger charge is 2.15. The number of fused-ring (bicyclic) bond motifs is 1. The molecule has 1 aromatic heterocycles. The summed E-state index contributed by atoms with van der Waals surface area (Å²) in [5.74, 6) is -0.352. The minimum absolute atomic E-state index is 0.352. The first-order valence-electron chi connectivity index (χ1n) is 4.38. The van der Waals surface area contributed by atoms with Crippen LogP contribution < -0.4 is 0 Å². The van der Waals surface area contributed by atoms with Crippen molar-refractivity contribution in [3.8, 4) is 0 Å². The van der Waals surface area contributed by atoms with Crippen LogP contribution in [0, 0.1) is 0 Å². The van der Waals surface area contributed by atoms with Crippen LogP contribution in [0.3, 0.4) is 0 Å². The number of ether oxygens (including phenoxy) is 1. The molecule has 0 saturated heterocycles. The van der Waals surface area contributed by atoms with Crippen LogP contribution in [0.4, 0.5) is 0 Å². The van der Waals surface area contributed by atoms with Gasteiger partial charge in [0.2, 0.25) is 0 Å². The Morgan fingerprint density at radius 3 is 3.08 bits per heavy atom. The Kier molecular flexibility index (Phi) is 2.00. The Balaban J connectivity index is 2.36. The summed E-state index contributed by atoms with van der Waals surface area (Å²) in [7, 11) is 1.37. The van der Waals surface area contributed by atoms with E-state index in [0.29, 0.717) is 5.69 Å². The van der Waals surface area contributed by atoms with Crippen molar-refractivity contribution in [1.29, 1.82) is 0 Å². The van der Waals surface area contributed by atoms with Gasteiger partial charge >= 0.3 is 5.97 Å². The van der Waals surface area contributed by atoms with Gasteiger partial charge in [-0.3, -0.25) is 0 Å². The molecule has 0 aromatic carbocycles. The molecule has 68 valence electrons. The lowest BCUT2D eigenvalue weighted by atomic mass is 10.2. The number of methoxy groups -OCH3 is 1. The molecule has 0 radical (unpaired) electrons. The standard InChI is InChI=1S/C10H11NO2/c1-13-10(12)9-6-5-7-3-2-4-8(7)11-9/h5-6H,2-4H2,1H3. The molecular weight excluding hydrogens is 166 g/mol. The zero-order valence-electron chi connectivity index (χ0n) is 7.54. The maximum Gasteiger partial charge on any atom is 0.356 e. The highest BCUT2D eigenvalue weighted by atomic mass is 16.5. The van der Waals surface area contributed by atoms with Gasteiger partial charge in [-0.05, 0) is 30.9 Å². The third-order valence-electron chi connectivity index (χ3n) is 2.32. The molecule has 1 aromatic rings. The molecule has 1 aliphatic carbocycles. The summed E-state index contributed by atoms with van der Waals surface area (Å²) in [6.45, 7) is 0. The van der Waals surface area contributed by atoms with Crippen molar-refractivity contribution in [2.45, 2.75) is 19.3 Å². The normalized spacial score (nSPS) is 13.9. The number of carbonyl (C=O) groups is 1. The van der Waals surface area contributed by atoms with E-state index in [4.69, 9.17) is 0 Å². The van der Waals surface area contributed by atoms with Gasteiger partial charge in [0.05, 0.1) is 7.11 Å². The van der Waals surface area contributed by atoms with E-state index in [9.17, 15) is 4.79 Å². The third kappa shape index (κ3) is 1.41. The molecule has 3 heteroatoms. The van der Waals surface area contributed by atoms with Gasteiger partial charge < -0.3 is 4.74 Å². The molecule has 0 fully saturated rings. The Hall–Kier alpha value is -1.38. The topological polar surface area (TPSA) is 39.2 Å². The second-order valence-corrected chi connectivity index (χ2v) is 3.15. The van der Waals surface area contributed by atoms with Crippen molar-refractivity contribution < 1.29 is 9.53 Å². The summed E-state index contributed by atoms with van der Waals surface area (Å²) in [5.41, 5.74) is 2.75. The van der Waals surface area contributed by atoms with E-state index in [2.05, 4.69) is 9.72 Å². The van der Waals surface area contributed by atoms with E-state index in [0.717, 1.165) is 25.0 Å². The van der Waals surface area contributed by atoms with Crippen molar-refractivity contribution in [3.05, 3.63) is 29.1 Å². The number of aryl methyl sites for hydroxylation is 2. The first kappa shape index (κ1) is 8.23. The zero-order chi connectivity index (χ0) is 9.26. The van der Waals surface area contributed by atoms with Crippen molar-refractivity contribution >= 4 is 5.97 Å². The fourth-order valence-electron chi connectivity index (χ4n) is 1.64. The summed E-state index contributed by atoms with van der Waals surface area (Å²) in [6, 6.07) is 3.71. The number of rotatable bonds is 1. The number of hydrogen-bond donors (Lipinski definition) is 0. The van der Waals surface area contributed by atoms with Crippen LogP contribution in [0.2, 0.25) is 0 Å². The lowest BCUT2D eigenvalue weighted by Gasteiger charge is -2.01. The second kappa shape index (κ2) is 3.17. The van der Waals surface area contributed by atoms with Crippen LogP contribution in [0.15, 0.2) is 12.1 Å². The van der Waals surface area contributed by atoms with Gasteiger partial charge in [0.1, 0.15) is 5.69 Å². The predicted molar refractivity (Wildman–Crippen MR) is 47.6 cm³/mol. The van der Waals surface area contributed by atoms with Crippen molar-refractivity contribution in [2.24, 2.45) is 0 Å². The smallest absolute Gasteiger partial charge is 0.356 e. The number of hydrogen-bond acceptors (Lipinski definition) is 3. The molecule has 0 spiro atoms. The first-order valence-corrected chi connectivity index (χ1v) is 4.38. The van der Waals surface area contributed by atoms with Gasteiger partial charge in [0.25, 0.3) is 0 Å². The molecule has 1 aliphatic rings. The SMILES string of the molecule is COC(=O)c1ccc2c(n1)CCC2. The van der Waals surface area contributed by atoms with E-state index in [1.807, 2.05) is 6.07 Å². The van der Waals surface area contributed by atoms with Crippen LogP contribution in [-0.2, 0) is 17.6 Å². The summed E-state index contributed by atoms with van der Waals surface area (Å²) < 4.78 is 4.59. The van der Waals surface area contributed by atoms with Gasteiger partial charge in [-0.2, -0.15) is 0 Å². The fraction of sp³-hybridized carbons (Fsp3) is 0.400. The van der Waals surface area contributed by atoms with Gasteiger partial charge in [0.15, 0.2) is 0 Å². The van der Waals surface area contributed by atoms with Gasteiger partial charge in [-0.25, -0.2) is 9.78 Å². The molecule has 0 aliphatic heterocycles. The minimum Gasteiger partial charge on any atom is -0.464 e. The molecule has 0 amide bonds. The van der Waals surface area contributed by atoms with Crippen molar-refractivity contribution in [3.63, 3.8) is 0 Å². The number of pyridine rings is 1. The van der Waals surface area contributed by atoms with Crippen LogP contribution in [0.5, 0.6) is 0 Å². The first-order chi connectivity index (χ1) is 6.31. The molecule has 0 bridgehead atoms. The highest BCUT2D eigenvalue weighted by molar-refractivity contribution is 5.87. The molecule has 0 saturated carbocycles. The average molecular weight is 177 g/mol. The van der Waals surface area contributed by atoms with E-state index in [1.54, 1.807) is 6.07 Å². The lowest BCUT2D eigenvalue weighted by Crippen LogP contribution is -2.05. The molecule has 1 heterocycles.